The molecule has 0 atom stereocenters. The lowest BCUT2D eigenvalue weighted by Crippen LogP contribution is -2.15. The molecule has 2 aromatic carbocycles. The molecule has 0 unspecified atom stereocenters. The molecule has 5 nitrogen and oxygen atoms in total. The van der Waals surface area contributed by atoms with Gasteiger partial charge in [0.1, 0.15) is 11.5 Å². The van der Waals surface area contributed by atoms with Crippen LogP contribution in [0.15, 0.2) is 36.4 Å². The third-order valence-corrected chi connectivity index (χ3v) is 3.65. The molecule has 0 aliphatic heterocycles. The molecule has 0 aliphatic rings. The molecule has 0 fully saturated rings. The quantitative estimate of drug-likeness (QED) is 0.601. The monoisotopic (exact) mass is 328 g/mol. The van der Waals surface area contributed by atoms with Crippen LogP contribution in [0.1, 0.15) is 31.8 Å². The first-order valence-corrected chi connectivity index (χ1v) is 7.46. The van der Waals surface area contributed by atoms with Crippen LogP contribution < -0.4 is 9.47 Å². The number of benzene rings is 2. The number of hydrogen-bond acceptors (Lipinski definition) is 5. The first kappa shape index (κ1) is 17.5. The van der Waals surface area contributed by atoms with E-state index in [0.29, 0.717) is 22.6 Å². The molecule has 24 heavy (non-hydrogen) atoms. The molecule has 0 bridgehead atoms. The van der Waals surface area contributed by atoms with Gasteiger partial charge in [0, 0.05) is 6.07 Å². The predicted octanol–water partition coefficient (Wildman–Crippen LogP) is 3.36. The number of aryl methyl sites for hydroxylation is 2. The van der Waals surface area contributed by atoms with E-state index in [0.717, 1.165) is 11.1 Å². The van der Waals surface area contributed by atoms with Crippen LogP contribution in [0.4, 0.5) is 0 Å². The van der Waals surface area contributed by atoms with Crippen LogP contribution in [0, 0.1) is 13.8 Å². The number of carbonyl (C=O) groups excluding carboxylic acids is 2. The Balaban J connectivity index is 2.09. The summed E-state index contributed by atoms with van der Waals surface area (Å²) in [6, 6.07) is 10.3. The number of ketones is 1. The first-order valence-electron chi connectivity index (χ1n) is 7.46. The largest absolute Gasteiger partial charge is 0.497 e. The highest BCUT2D eigenvalue weighted by molar-refractivity contribution is 6.01. The highest BCUT2D eigenvalue weighted by Gasteiger charge is 2.17. The fourth-order valence-corrected chi connectivity index (χ4v) is 2.36. The Hall–Kier alpha value is -2.82. The first-order chi connectivity index (χ1) is 11.5. The molecule has 0 radical (unpaired) electrons. The molecule has 5 heteroatoms. The molecule has 126 valence electrons. The highest BCUT2D eigenvalue weighted by atomic mass is 16.5. The van der Waals surface area contributed by atoms with Crippen LogP contribution in [0.2, 0.25) is 0 Å². The molecule has 0 aromatic heterocycles. The Morgan fingerprint density at radius 3 is 2.25 bits per heavy atom. The van der Waals surface area contributed by atoms with E-state index in [-0.39, 0.29) is 12.4 Å². The van der Waals surface area contributed by atoms with Crippen LogP contribution in [0.25, 0.3) is 0 Å². The van der Waals surface area contributed by atoms with Gasteiger partial charge >= 0.3 is 5.97 Å². The van der Waals surface area contributed by atoms with Gasteiger partial charge in [0.15, 0.2) is 6.61 Å². The van der Waals surface area contributed by atoms with Gasteiger partial charge in [-0.05, 0) is 37.6 Å². The smallest absolute Gasteiger partial charge is 0.338 e. The molecule has 0 saturated heterocycles. The fourth-order valence-electron chi connectivity index (χ4n) is 2.36. The summed E-state index contributed by atoms with van der Waals surface area (Å²) in [7, 11) is 3.00. The lowest BCUT2D eigenvalue weighted by atomic mass is 10.1. The van der Waals surface area contributed by atoms with Gasteiger partial charge in [0.05, 0.1) is 25.3 Å². The van der Waals surface area contributed by atoms with E-state index in [4.69, 9.17) is 14.2 Å². The summed E-state index contributed by atoms with van der Waals surface area (Å²) in [4.78, 5) is 24.4. The van der Waals surface area contributed by atoms with Crippen molar-refractivity contribution < 1.29 is 23.8 Å². The minimum atomic E-state index is -0.520. The van der Waals surface area contributed by atoms with Crippen LogP contribution >= 0.6 is 0 Å². The number of Topliss-reactive ketones (excluding diaryl/α,β-unsaturated/α-hetero) is 1. The summed E-state index contributed by atoms with van der Waals surface area (Å²) in [5.41, 5.74) is 2.67. The second-order valence-electron chi connectivity index (χ2n) is 5.38. The second-order valence-corrected chi connectivity index (χ2v) is 5.38. The summed E-state index contributed by atoms with van der Waals surface area (Å²) in [5.74, 6) is 0.0959. The van der Waals surface area contributed by atoms with Gasteiger partial charge < -0.3 is 14.2 Å². The van der Waals surface area contributed by atoms with E-state index in [1.807, 2.05) is 26.0 Å². The summed E-state index contributed by atoms with van der Waals surface area (Å²) in [5, 5.41) is 0. The van der Waals surface area contributed by atoms with E-state index < -0.39 is 5.97 Å². The van der Waals surface area contributed by atoms with Crippen molar-refractivity contribution in [1.29, 1.82) is 0 Å². The minimum Gasteiger partial charge on any atom is -0.497 e. The number of hydrogen-bond donors (Lipinski definition) is 0. The van der Waals surface area contributed by atoms with Crippen LogP contribution in [0.5, 0.6) is 11.5 Å². The zero-order valence-corrected chi connectivity index (χ0v) is 14.2. The number of esters is 1. The van der Waals surface area contributed by atoms with Crippen molar-refractivity contribution in [3.8, 4) is 11.5 Å². The average Bonchev–Trinajstić information content (AvgIpc) is 2.58. The van der Waals surface area contributed by atoms with E-state index >= 15 is 0 Å². The second kappa shape index (κ2) is 7.64. The maximum Gasteiger partial charge on any atom is 0.338 e. The van der Waals surface area contributed by atoms with Gasteiger partial charge in [0.25, 0.3) is 0 Å². The lowest BCUT2D eigenvalue weighted by Gasteiger charge is -2.11. The van der Waals surface area contributed by atoms with E-state index in [1.165, 1.54) is 14.2 Å². The normalized spacial score (nSPS) is 10.2. The van der Waals surface area contributed by atoms with Crippen molar-refractivity contribution >= 4 is 11.8 Å². The molecule has 0 spiro atoms. The average molecular weight is 328 g/mol. The van der Waals surface area contributed by atoms with Gasteiger partial charge in [-0.25, -0.2) is 4.79 Å². The molecule has 0 saturated carbocycles. The molecule has 2 rings (SSSR count). The molecule has 0 heterocycles. The molecule has 0 amide bonds. The van der Waals surface area contributed by atoms with Crippen molar-refractivity contribution in [1.82, 2.24) is 0 Å². The van der Waals surface area contributed by atoms with Crippen LogP contribution in [-0.2, 0) is 4.74 Å². The Kier molecular flexibility index (Phi) is 5.58. The molecular formula is C19H20O5. The molecule has 0 aliphatic carbocycles. The van der Waals surface area contributed by atoms with Crippen molar-refractivity contribution in [2.45, 2.75) is 13.8 Å². The van der Waals surface area contributed by atoms with Crippen molar-refractivity contribution in [2.24, 2.45) is 0 Å². The summed E-state index contributed by atoms with van der Waals surface area (Å²) < 4.78 is 15.4. The van der Waals surface area contributed by atoms with Gasteiger partial charge in [-0.1, -0.05) is 17.7 Å². The van der Waals surface area contributed by atoms with Gasteiger partial charge in [-0.15, -0.1) is 0 Å². The Morgan fingerprint density at radius 1 is 0.917 bits per heavy atom. The third-order valence-electron chi connectivity index (χ3n) is 3.65. The third kappa shape index (κ3) is 3.93. The molecular weight excluding hydrogens is 308 g/mol. The molecule has 2 aromatic rings. The predicted molar refractivity (Wildman–Crippen MR) is 90.1 cm³/mol. The summed E-state index contributed by atoms with van der Waals surface area (Å²) in [6.07, 6.45) is 0. The van der Waals surface area contributed by atoms with Crippen LogP contribution in [-0.4, -0.2) is 32.6 Å². The number of rotatable bonds is 6. The van der Waals surface area contributed by atoms with Crippen LogP contribution in [0.3, 0.4) is 0 Å². The van der Waals surface area contributed by atoms with E-state index in [2.05, 4.69) is 0 Å². The highest BCUT2D eigenvalue weighted by Crippen LogP contribution is 2.25. The Bertz CT molecular complexity index is 764. The van der Waals surface area contributed by atoms with Crippen molar-refractivity contribution in [3.05, 3.63) is 58.7 Å². The van der Waals surface area contributed by atoms with Crippen molar-refractivity contribution in [2.75, 3.05) is 20.8 Å². The zero-order chi connectivity index (χ0) is 17.7. The van der Waals surface area contributed by atoms with Gasteiger partial charge in [0.2, 0.25) is 5.78 Å². The van der Waals surface area contributed by atoms with Gasteiger partial charge in [-0.2, -0.15) is 0 Å². The van der Waals surface area contributed by atoms with E-state index in [9.17, 15) is 9.59 Å². The topological polar surface area (TPSA) is 61.8 Å². The number of methoxy groups -OCH3 is 2. The number of carbonyl (C=O) groups is 2. The maximum absolute atomic E-state index is 12.3. The summed E-state index contributed by atoms with van der Waals surface area (Å²) in [6.45, 7) is 3.42. The summed E-state index contributed by atoms with van der Waals surface area (Å²) >= 11 is 0. The maximum atomic E-state index is 12.3. The minimum absolute atomic E-state index is 0.340. The zero-order valence-electron chi connectivity index (χ0n) is 14.2. The number of ether oxygens (including phenoxy) is 3. The van der Waals surface area contributed by atoms with Crippen molar-refractivity contribution in [3.63, 3.8) is 0 Å². The van der Waals surface area contributed by atoms with E-state index in [1.54, 1.807) is 24.3 Å². The molecule has 0 N–H and O–H groups in total. The van der Waals surface area contributed by atoms with Gasteiger partial charge in [-0.3, -0.25) is 4.79 Å². The Labute approximate surface area is 141 Å². The SMILES string of the molecule is COc1ccc(C(=O)COC(=O)c2ccc(C)cc2C)c(OC)c1. The Morgan fingerprint density at radius 2 is 1.62 bits per heavy atom. The fraction of sp³-hybridized carbons (Fsp3) is 0.263. The lowest BCUT2D eigenvalue weighted by molar-refractivity contribution is 0.0473. The standard InChI is InChI=1S/C19H20O5/c1-12-5-7-15(13(2)9-12)19(21)24-11-17(20)16-8-6-14(22-3)10-18(16)23-4/h5-10H,11H2,1-4H3.